The van der Waals surface area contributed by atoms with E-state index in [1.54, 1.807) is 12.5 Å². The summed E-state index contributed by atoms with van der Waals surface area (Å²) >= 11 is 0. The van der Waals surface area contributed by atoms with Crippen LogP contribution in [0.1, 0.15) is 32.6 Å². The quantitative estimate of drug-likeness (QED) is 0.486. The van der Waals surface area contributed by atoms with E-state index in [1.165, 1.54) is 25.7 Å². The highest BCUT2D eigenvalue weighted by atomic mass is 16.1. The molecule has 2 rings (SSSR count). The molecule has 2 heteroatoms. The summed E-state index contributed by atoms with van der Waals surface area (Å²) in [7, 11) is 0. The van der Waals surface area contributed by atoms with Crippen LogP contribution in [0.5, 0.6) is 0 Å². The Morgan fingerprint density at radius 2 is 2.31 bits per heavy atom. The Morgan fingerprint density at radius 1 is 1.69 bits per heavy atom. The molecule has 2 nitrogen and oxygen atoms in total. The van der Waals surface area contributed by atoms with Gasteiger partial charge in [0.05, 0.1) is 0 Å². The fourth-order valence-corrected chi connectivity index (χ4v) is 1.68. The maximum atomic E-state index is 9.82. The molecule has 2 aliphatic rings. The van der Waals surface area contributed by atoms with Crippen LogP contribution in [-0.2, 0) is 4.79 Å². The number of carbonyl (C=O) groups excluding carboxylic acids is 1. The summed E-state index contributed by atoms with van der Waals surface area (Å²) in [5, 5.41) is 0. The molecule has 0 aromatic rings. The number of primary amides is 1. The van der Waals surface area contributed by atoms with E-state index in [-0.39, 0.29) is 0 Å². The topological polar surface area (TPSA) is 43.1 Å². The number of nitrogens with two attached hydrogens (primary N) is 1. The minimum absolute atomic E-state index is 0.398. The Balaban J connectivity index is 0.000000133. The van der Waals surface area contributed by atoms with Gasteiger partial charge in [-0.25, -0.2) is 0 Å². The van der Waals surface area contributed by atoms with E-state index in [0.717, 1.165) is 5.92 Å². The van der Waals surface area contributed by atoms with Gasteiger partial charge in [0, 0.05) is 5.57 Å². The first-order valence-corrected chi connectivity index (χ1v) is 4.73. The van der Waals surface area contributed by atoms with Gasteiger partial charge in [-0.1, -0.05) is 18.2 Å². The van der Waals surface area contributed by atoms with Gasteiger partial charge in [0.2, 0.25) is 5.91 Å². The normalized spacial score (nSPS) is 23.2. The minimum Gasteiger partial charge on any atom is -0.366 e. The highest BCUT2D eigenvalue weighted by molar-refractivity contribution is 5.90. The van der Waals surface area contributed by atoms with Crippen molar-refractivity contribution in [2.45, 2.75) is 32.6 Å². The monoisotopic (exact) mass is 179 g/mol. The second-order valence-electron chi connectivity index (χ2n) is 3.85. The minimum atomic E-state index is -0.435. The lowest BCUT2D eigenvalue weighted by atomic mass is 10.1. The third-order valence-electron chi connectivity index (χ3n) is 2.59. The molecule has 1 saturated carbocycles. The number of rotatable bonds is 1. The van der Waals surface area contributed by atoms with Crippen LogP contribution in [-0.4, -0.2) is 5.91 Å². The lowest BCUT2D eigenvalue weighted by Gasteiger charge is -1.98. The van der Waals surface area contributed by atoms with Crippen LogP contribution in [0, 0.1) is 5.92 Å². The third-order valence-corrected chi connectivity index (χ3v) is 2.59. The van der Waals surface area contributed by atoms with E-state index in [9.17, 15) is 4.79 Å². The Labute approximate surface area is 79.5 Å². The number of carbonyl (C=O) groups is 1. The first-order valence-electron chi connectivity index (χ1n) is 4.73. The summed E-state index contributed by atoms with van der Waals surface area (Å²) in [4.78, 5) is 9.82. The zero-order chi connectivity index (χ0) is 9.84. The molecule has 2 aliphatic carbocycles. The van der Waals surface area contributed by atoms with Crippen LogP contribution in [0.15, 0.2) is 23.8 Å². The highest BCUT2D eigenvalue weighted by Crippen LogP contribution is 2.38. The van der Waals surface area contributed by atoms with Gasteiger partial charge in [-0.3, -0.25) is 4.79 Å². The van der Waals surface area contributed by atoms with Gasteiger partial charge in [0.15, 0.2) is 0 Å². The second-order valence-corrected chi connectivity index (χ2v) is 3.85. The Kier molecular flexibility index (Phi) is 3.29. The van der Waals surface area contributed by atoms with E-state index in [4.69, 9.17) is 5.73 Å². The first-order chi connectivity index (χ1) is 6.09. The molecule has 0 heterocycles. The highest BCUT2D eigenvalue weighted by Gasteiger charge is 2.22. The van der Waals surface area contributed by atoms with E-state index in [1.807, 2.05) is 0 Å². The van der Waals surface area contributed by atoms with Gasteiger partial charge in [-0.15, -0.1) is 0 Å². The van der Waals surface area contributed by atoms with E-state index in [2.05, 4.69) is 12.7 Å². The summed E-state index contributed by atoms with van der Waals surface area (Å²) in [6.45, 7) is 4.85. The number of allylic oxidation sites excluding steroid dienone is 2. The molecule has 1 fully saturated rings. The molecular formula is C11H17NO. The Bertz CT molecular complexity index is 241. The molecule has 13 heavy (non-hydrogen) atoms. The van der Waals surface area contributed by atoms with Crippen molar-refractivity contribution in [3.8, 4) is 0 Å². The summed E-state index contributed by atoms with van der Waals surface area (Å²) in [5.41, 5.74) is 6.84. The predicted octanol–water partition coefficient (Wildman–Crippen LogP) is 2.16. The van der Waals surface area contributed by atoms with Crippen molar-refractivity contribution in [1.82, 2.24) is 0 Å². The van der Waals surface area contributed by atoms with Crippen LogP contribution in [0.25, 0.3) is 0 Å². The zero-order valence-corrected chi connectivity index (χ0v) is 8.18. The van der Waals surface area contributed by atoms with Crippen LogP contribution in [0.3, 0.4) is 0 Å². The molecule has 1 atom stereocenters. The van der Waals surface area contributed by atoms with Gasteiger partial charge < -0.3 is 5.73 Å². The molecule has 0 aromatic carbocycles. The van der Waals surface area contributed by atoms with E-state index >= 15 is 0 Å². The zero-order valence-electron chi connectivity index (χ0n) is 8.18. The number of hydrogen-bond acceptors (Lipinski definition) is 1. The standard InChI is InChI=1S/C7H10.C4H7NO/c1-2-7-4-3-6(1)5-7;1-3(2)4(5)6/h1,7H,2-5H2;1H2,2H3,(H2,5,6). The van der Waals surface area contributed by atoms with Gasteiger partial charge in [0.25, 0.3) is 0 Å². The smallest absolute Gasteiger partial charge is 0.243 e. The largest absolute Gasteiger partial charge is 0.366 e. The molecule has 0 aromatic heterocycles. The summed E-state index contributed by atoms with van der Waals surface area (Å²) < 4.78 is 0. The lowest BCUT2D eigenvalue weighted by molar-refractivity contribution is -0.114. The average Bonchev–Trinajstić information content (AvgIpc) is 2.67. The lowest BCUT2D eigenvalue weighted by Crippen LogP contribution is -2.10. The molecule has 0 radical (unpaired) electrons. The third kappa shape index (κ3) is 3.05. The van der Waals surface area contributed by atoms with Crippen molar-refractivity contribution >= 4 is 5.91 Å². The van der Waals surface area contributed by atoms with Crippen molar-refractivity contribution in [3.63, 3.8) is 0 Å². The molecular weight excluding hydrogens is 162 g/mol. The van der Waals surface area contributed by atoms with Crippen LogP contribution in [0.2, 0.25) is 0 Å². The van der Waals surface area contributed by atoms with Crippen molar-refractivity contribution in [3.05, 3.63) is 23.8 Å². The van der Waals surface area contributed by atoms with Crippen LogP contribution >= 0.6 is 0 Å². The van der Waals surface area contributed by atoms with Crippen molar-refractivity contribution in [2.75, 3.05) is 0 Å². The Morgan fingerprint density at radius 3 is 2.38 bits per heavy atom. The Hall–Kier alpha value is -1.05. The number of fused-ring (bicyclic) bond motifs is 2. The van der Waals surface area contributed by atoms with Crippen LogP contribution in [0.4, 0.5) is 0 Å². The van der Waals surface area contributed by atoms with Gasteiger partial charge >= 0.3 is 0 Å². The average molecular weight is 179 g/mol. The molecule has 0 aliphatic heterocycles. The molecule has 1 amide bonds. The summed E-state index contributed by atoms with van der Waals surface area (Å²) in [5.74, 6) is 0.644. The number of hydrogen-bond donors (Lipinski definition) is 1. The van der Waals surface area contributed by atoms with Crippen molar-refractivity contribution in [2.24, 2.45) is 11.7 Å². The SMILES string of the molecule is C1=C2CCC(C1)C2.C=C(C)C(N)=O. The predicted molar refractivity (Wildman–Crippen MR) is 54.0 cm³/mol. The molecule has 2 N–H and O–H groups in total. The first kappa shape index (κ1) is 10.0. The number of amides is 1. The summed E-state index contributed by atoms with van der Waals surface area (Å²) in [6.07, 6.45) is 8.18. The molecule has 72 valence electrons. The molecule has 1 unspecified atom stereocenters. The molecule has 0 spiro atoms. The van der Waals surface area contributed by atoms with Gasteiger partial charge in [-0.2, -0.15) is 0 Å². The maximum Gasteiger partial charge on any atom is 0.243 e. The molecule has 2 bridgehead atoms. The van der Waals surface area contributed by atoms with Gasteiger partial charge in [0.1, 0.15) is 0 Å². The van der Waals surface area contributed by atoms with E-state index in [0.29, 0.717) is 5.57 Å². The summed E-state index contributed by atoms with van der Waals surface area (Å²) in [6, 6.07) is 0. The second kappa shape index (κ2) is 4.26. The van der Waals surface area contributed by atoms with Gasteiger partial charge in [-0.05, 0) is 38.5 Å². The van der Waals surface area contributed by atoms with Crippen molar-refractivity contribution < 1.29 is 4.79 Å². The molecule has 0 saturated heterocycles. The maximum absolute atomic E-state index is 9.82. The fraction of sp³-hybridized carbons (Fsp3) is 0.545. The van der Waals surface area contributed by atoms with Crippen LogP contribution < -0.4 is 5.73 Å². The van der Waals surface area contributed by atoms with Crippen molar-refractivity contribution in [1.29, 1.82) is 0 Å². The van der Waals surface area contributed by atoms with E-state index < -0.39 is 5.91 Å². The fourth-order valence-electron chi connectivity index (χ4n) is 1.68.